The first-order valence-corrected chi connectivity index (χ1v) is 7.90. The van der Waals surface area contributed by atoms with E-state index in [1.54, 1.807) is 19.1 Å². The minimum atomic E-state index is -1.10. The average Bonchev–Trinajstić information content (AvgIpc) is 2.91. The molecule has 0 aliphatic carbocycles. The van der Waals surface area contributed by atoms with Crippen molar-refractivity contribution in [2.75, 3.05) is 14.2 Å². The third-order valence-electron chi connectivity index (χ3n) is 2.67. The van der Waals surface area contributed by atoms with E-state index in [0.717, 1.165) is 11.8 Å². The van der Waals surface area contributed by atoms with Crippen LogP contribution in [0.3, 0.4) is 0 Å². The van der Waals surface area contributed by atoms with Crippen LogP contribution in [0.2, 0.25) is 0 Å². The van der Waals surface area contributed by atoms with E-state index in [0.29, 0.717) is 27.4 Å². The molecule has 0 amide bonds. The molecule has 0 atom stereocenters. The number of aliphatic carboxylic acids is 1. The molecular weight excluding hydrogens is 388 g/mol. The smallest absolute Gasteiger partial charge is 0.342 e. The Morgan fingerprint density at radius 3 is 2.61 bits per heavy atom. The van der Waals surface area contributed by atoms with E-state index in [1.165, 1.54) is 20.3 Å². The van der Waals surface area contributed by atoms with Gasteiger partial charge in [-0.15, -0.1) is 10.2 Å². The van der Waals surface area contributed by atoms with Crippen LogP contribution in [-0.4, -0.2) is 35.5 Å². The van der Waals surface area contributed by atoms with E-state index in [9.17, 15) is 9.90 Å². The van der Waals surface area contributed by atoms with Crippen LogP contribution in [0.15, 0.2) is 31.2 Å². The van der Waals surface area contributed by atoms with Crippen LogP contribution in [0.1, 0.15) is 11.5 Å². The Balaban J connectivity index is 2.39. The van der Waals surface area contributed by atoms with Gasteiger partial charge in [0.15, 0.2) is 11.5 Å². The number of rotatable bonds is 6. The third kappa shape index (κ3) is 4.26. The number of carbonyl (C=O) groups is 1. The Morgan fingerprint density at radius 1 is 1.35 bits per heavy atom. The second-order valence-electron chi connectivity index (χ2n) is 4.24. The summed E-state index contributed by atoms with van der Waals surface area (Å²) in [5.41, 5.74) is 0.621. The summed E-state index contributed by atoms with van der Waals surface area (Å²) in [5, 5.41) is 17.0. The molecule has 1 N–H and O–H groups in total. The molecule has 1 heterocycles. The summed E-state index contributed by atoms with van der Waals surface area (Å²) in [6, 6.07) is 3.40. The van der Waals surface area contributed by atoms with Crippen molar-refractivity contribution >= 4 is 39.7 Å². The zero-order valence-electron chi connectivity index (χ0n) is 12.5. The Bertz CT molecular complexity index is 760. The average molecular weight is 401 g/mol. The maximum Gasteiger partial charge on any atom is 0.342 e. The van der Waals surface area contributed by atoms with Gasteiger partial charge in [0, 0.05) is 6.92 Å². The maximum absolute atomic E-state index is 11.4. The highest BCUT2D eigenvalue weighted by molar-refractivity contribution is 9.10. The van der Waals surface area contributed by atoms with Gasteiger partial charge in [0.25, 0.3) is 5.22 Å². The summed E-state index contributed by atoms with van der Waals surface area (Å²) in [6.07, 6.45) is 1.49. The topological polar surface area (TPSA) is 94.7 Å². The molecule has 0 unspecified atom stereocenters. The number of nitrogens with zero attached hydrogens (tertiary/aromatic N) is 2. The highest BCUT2D eigenvalue weighted by atomic mass is 79.9. The standard InChI is InChI=1S/C14H13BrN2O5S/c1-7-16-17-14(22-7)23-11(13(18)19)6-8-4-9(15)12(21-3)10(5-8)20-2/h4-6H,1-3H3,(H,18,19)/b11-6-. The lowest BCUT2D eigenvalue weighted by Gasteiger charge is -2.10. The van der Waals surface area contributed by atoms with Gasteiger partial charge >= 0.3 is 5.97 Å². The zero-order chi connectivity index (χ0) is 17.0. The Morgan fingerprint density at radius 2 is 2.09 bits per heavy atom. The van der Waals surface area contributed by atoms with Crippen molar-refractivity contribution in [1.82, 2.24) is 10.2 Å². The number of benzene rings is 1. The molecule has 0 saturated carbocycles. The van der Waals surface area contributed by atoms with E-state index in [2.05, 4.69) is 26.1 Å². The van der Waals surface area contributed by atoms with Gasteiger partial charge in [-0.25, -0.2) is 4.79 Å². The van der Waals surface area contributed by atoms with Gasteiger partial charge in [-0.1, -0.05) is 0 Å². The molecule has 0 saturated heterocycles. The van der Waals surface area contributed by atoms with Crippen molar-refractivity contribution < 1.29 is 23.8 Å². The fourth-order valence-corrected chi connectivity index (χ4v) is 3.06. The number of aryl methyl sites for hydroxylation is 1. The predicted molar refractivity (Wildman–Crippen MR) is 87.8 cm³/mol. The van der Waals surface area contributed by atoms with Crippen LogP contribution in [0.25, 0.3) is 6.08 Å². The fourth-order valence-electron chi connectivity index (χ4n) is 1.72. The van der Waals surface area contributed by atoms with Gasteiger partial charge in [-0.05, 0) is 51.5 Å². The van der Waals surface area contributed by atoms with Crippen molar-refractivity contribution in [2.24, 2.45) is 0 Å². The molecule has 2 rings (SSSR count). The highest BCUT2D eigenvalue weighted by Crippen LogP contribution is 2.37. The van der Waals surface area contributed by atoms with Crippen molar-refractivity contribution in [2.45, 2.75) is 12.1 Å². The van der Waals surface area contributed by atoms with Gasteiger partial charge in [-0.3, -0.25) is 0 Å². The normalized spacial score (nSPS) is 11.4. The van der Waals surface area contributed by atoms with Crippen LogP contribution in [-0.2, 0) is 4.79 Å². The molecule has 7 nitrogen and oxygen atoms in total. The first kappa shape index (κ1) is 17.4. The summed E-state index contributed by atoms with van der Waals surface area (Å²) in [4.78, 5) is 11.5. The minimum absolute atomic E-state index is 0.0350. The molecule has 0 spiro atoms. The van der Waals surface area contributed by atoms with Gasteiger partial charge in [-0.2, -0.15) is 0 Å². The van der Waals surface area contributed by atoms with Crippen molar-refractivity contribution in [3.05, 3.63) is 33.0 Å². The van der Waals surface area contributed by atoms with Gasteiger partial charge in [0.2, 0.25) is 5.89 Å². The molecule has 0 bridgehead atoms. The Kier molecular flexibility index (Phi) is 5.67. The Labute approximate surface area is 144 Å². The van der Waals surface area contributed by atoms with Crippen molar-refractivity contribution in [1.29, 1.82) is 0 Å². The molecule has 1 aromatic carbocycles. The molecular formula is C14H13BrN2O5S. The second-order valence-corrected chi connectivity index (χ2v) is 6.09. The number of methoxy groups -OCH3 is 2. The second kappa shape index (κ2) is 7.51. The summed E-state index contributed by atoms with van der Waals surface area (Å²) in [5.74, 6) is 0.279. The molecule has 0 aliphatic rings. The molecule has 9 heteroatoms. The number of aromatic nitrogens is 2. The van der Waals surface area contributed by atoms with Crippen LogP contribution in [0.5, 0.6) is 11.5 Å². The number of carboxylic acids is 1. The van der Waals surface area contributed by atoms with Crippen LogP contribution >= 0.6 is 27.7 Å². The van der Waals surface area contributed by atoms with Crippen molar-refractivity contribution in [3.63, 3.8) is 0 Å². The van der Waals surface area contributed by atoms with Gasteiger partial charge in [0.05, 0.1) is 18.7 Å². The lowest BCUT2D eigenvalue weighted by molar-refractivity contribution is -0.131. The monoisotopic (exact) mass is 400 g/mol. The fraction of sp³-hybridized carbons (Fsp3) is 0.214. The number of hydrogen-bond acceptors (Lipinski definition) is 7. The Hall–Kier alpha value is -2.00. The van der Waals surface area contributed by atoms with E-state index in [-0.39, 0.29) is 10.1 Å². The van der Waals surface area contributed by atoms with Crippen LogP contribution < -0.4 is 9.47 Å². The lowest BCUT2D eigenvalue weighted by Crippen LogP contribution is -1.97. The van der Waals surface area contributed by atoms with Gasteiger partial charge in [0.1, 0.15) is 4.91 Å². The first-order chi connectivity index (χ1) is 10.9. The van der Waals surface area contributed by atoms with Crippen LogP contribution in [0, 0.1) is 6.92 Å². The van der Waals surface area contributed by atoms with E-state index >= 15 is 0 Å². The minimum Gasteiger partial charge on any atom is -0.493 e. The molecule has 122 valence electrons. The summed E-state index contributed by atoms with van der Waals surface area (Å²) < 4.78 is 16.3. The SMILES string of the molecule is COc1cc(/C=C(\Sc2nnc(C)o2)C(=O)O)cc(Br)c1OC. The van der Waals surface area contributed by atoms with E-state index < -0.39 is 5.97 Å². The lowest BCUT2D eigenvalue weighted by atomic mass is 10.2. The molecule has 0 aliphatic heterocycles. The molecule has 2 aromatic rings. The van der Waals surface area contributed by atoms with Gasteiger partial charge < -0.3 is 19.0 Å². The highest BCUT2D eigenvalue weighted by Gasteiger charge is 2.16. The molecule has 0 radical (unpaired) electrons. The maximum atomic E-state index is 11.4. The number of carboxylic acid groups (broad SMARTS) is 1. The first-order valence-electron chi connectivity index (χ1n) is 6.29. The van der Waals surface area contributed by atoms with Crippen LogP contribution in [0.4, 0.5) is 0 Å². The predicted octanol–water partition coefficient (Wildman–Crippen LogP) is 3.38. The number of thioether (sulfide) groups is 1. The third-order valence-corrected chi connectivity index (χ3v) is 4.11. The number of hydrogen-bond donors (Lipinski definition) is 1. The summed E-state index contributed by atoms with van der Waals surface area (Å²) in [7, 11) is 3.03. The molecule has 0 fully saturated rings. The summed E-state index contributed by atoms with van der Waals surface area (Å²) in [6.45, 7) is 1.63. The molecule has 23 heavy (non-hydrogen) atoms. The zero-order valence-corrected chi connectivity index (χ0v) is 14.9. The largest absolute Gasteiger partial charge is 0.493 e. The van der Waals surface area contributed by atoms with E-state index in [1.807, 2.05) is 0 Å². The quantitative estimate of drug-likeness (QED) is 0.582. The van der Waals surface area contributed by atoms with Crippen molar-refractivity contribution in [3.8, 4) is 11.5 Å². The van der Waals surface area contributed by atoms with E-state index in [4.69, 9.17) is 13.9 Å². The number of halogens is 1. The summed E-state index contributed by atoms with van der Waals surface area (Å²) >= 11 is 4.24. The molecule has 1 aromatic heterocycles. The number of ether oxygens (including phenoxy) is 2.